The Balaban J connectivity index is 2.11. The number of benzene rings is 1. The molecule has 4 nitrogen and oxygen atoms in total. The third-order valence-corrected chi connectivity index (χ3v) is 3.36. The fourth-order valence-electron chi connectivity index (χ4n) is 2.04. The Morgan fingerprint density at radius 1 is 1.45 bits per heavy atom. The standard InChI is InChI=1S/C15H21ClN2O2/c1-15(2,3)20-14(19)9-18(10-4-5-10)11-6-7-12(16)13(17)8-11/h6-8,10H,4-5,9,17H2,1-3H3. The molecule has 20 heavy (non-hydrogen) atoms. The summed E-state index contributed by atoms with van der Waals surface area (Å²) < 4.78 is 5.38. The van der Waals surface area contributed by atoms with Gasteiger partial charge in [0.1, 0.15) is 12.1 Å². The zero-order valence-electron chi connectivity index (χ0n) is 12.1. The number of hydrogen-bond donors (Lipinski definition) is 1. The van der Waals surface area contributed by atoms with E-state index in [9.17, 15) is 4.79 Å². The predicted molar refractivity (Wildman–Crippen MR) is 82.1 cm³/mol. The zero-order valence-corrected chi connectivity index (χ0v) is 12.9. The molecule has 0 atom stereocenters. The molecule has 1 saturated carbocycles. The van der Waals surface area contributed by atoms with E-state index in [1.165, 1.54) is 0 Å². The van der Waals surface area contributed by atoms with Crippen molar-refractivity contribution in [3.05, 3.63) is 23.2 Å². The van der Waals surface area contributed by atoms with Gasteiger partial charge >= 0.3 is 5.97 Å². The lowest BCUT2D eigenvalue weighted by molar-refractivity contribution is -0.153. The number of anilines is 2. The first-order valence-corrected chi connectivity index (χ1v) is 7.17. The van der Waals surface area contributed by atoms with E-state index in [0.717, 1.165) is 18.5 Å². The molecule has 0 amide bonds. The SMILES string of the molecule is CC(C)(C)OC(=O)CN(c1ccc(Cl)c(N)c1)C1CC1. The van der Waals surface area contributed by atoms with E-state index >= 15 is 0 Å². The summed E-state index contributed by atoms with van der Waals surface area (Å²) in [6, 6.07) is 5.85. The molecule has 1 aromatic carbocycles. The van der Waals surface area contributed by atoms with Gasteiger partial charge in [0.05, 0.1) is 10.7 Å². The summed E-state index contributed by atoms with van der Waals surface area (Å²) in [7, 11) is 0. The Bertz CT molecular complexity index is 507. The van der Waals surface area contributed by atoms with E-state index in [1.807, 2.05) is 37.8 Å². The Labute approximate surface area is 124 Å². The number of carbonyl (C=O) groups is 1. The first-order chi connectivity index (χ1) is 9.26. The molecule has 2 N–H and O–H groups in total. The topological polar surface area (TPSA) is 55.6 Å². The van der Waals surface area contributed by atoms with Crippen LogP contribution in [0, 0.1) is 0 Å². The molecule has 1 aliphatic carbocycles. The van der Waals surface area contributed by atoms with Crippen LogP contribution in [0.2, 0.25) is 5.02 Å². The number of carbonyl (C=O) groups excluding carboxylic acids is 1. The van der Waals surface area contributed by atoms with Crippen molar-refractivity contribution in [2.24, 2.45) is 0 Å². The van der Waals surface area contributed by atoms with Gasteiger partial charge in [0.2, 0.25) is 0 Å². The normalized spacial score (nSPS) is 15.0. The van der Waals surface area contributed by atoms with E-state index in [4.69, 9.17) is 22.1 Å². The summed E-state index contributed by atoms with van der Waals surface area (Å²) in [6.07, 6.45) is 2.18. The number of nitrogens with zero attached hydrogens (tertiary/aromatic N) is 1. The van der Waals surface area contributed by atoms with E-state index in [1.54, 1.807) is 6.07 Å². The minimum absolute atomic E-state index is 0.224. The highest BCUT2D eigenvalue weighted by molar-refractivity contribution is 6.33. The van der Waals surface area contributed by atoms with Crippen LogP contribution in [0.3, 0.4) is 0 Å². The van der Waals surface area contributed by atoms with Crippen molar-refractivity contribution in [1.29, 1.82) is 0 Å². The van der Waals surface area contributed by atoms with Crippen LogP contribution in [-0.2, 0) is 9.53 Å². The summed E-state index contributed by atoms with van der Waals surface area (Å²) in [4.78, 5) is 14.0. The number of halogens is 1. The molecule has 110 valence electrons. The van der Waals surface area contributed by atoms with Crippen LogP contribution in [0.4, 0.5) is 11.4 Å². The average molecular weight is 297 g/mol. The third-order valence-electron chi connectivity index (χ3n) is 3.02. The van der Waals surface area contributed by atoms with Crippen LogP contribution in [0.25, 0.3) is 0 Å². The van der Waals surface area contributed by atoms with Gasteiger partial charge in [-0.15, -0.1) is 0 Å². The molecule has 1 fully saturated rings. The van der Waals surface area contributed by atoms with E-state index < -0.39 is 5.60 Å². The largest absolute Gasteiger partial charge is 0.459 e. The van der Waals surface area contributed by atoms with Gasteiger partial charge in [-0.25, -0.2) is 0 Å². The minimum atomic E-state index is -0.467. The number of hydrogen-bond acceptors (Lipinski definition) is 4. The molecule has 2 rings (SSSR count). The molecule has 0 radical (unpaired) electrons. The first-order valence-electron chi connectivity index (χ1n) is 6.80. The van der Waals surface area contributed by atoms with Gasteiger partial charge < -0.3 is 15.4 Å². The lowest BCUT2D eigenvalue weighted by Gasteiger charge is -2.27. The van der Waals surface area contributed by atoms with E-state index in [-0.39, 0.29) is 12.5 Å². The summed E-state index contributed by atoms with van der Waals surface area (Å²) >= 11 is 5.94. The Morgan fingerprint density at radius 2 is 2.10 bits per heavy atom. The highest BCUT2D eigenvalue weighted by Crippen LogP contribution is 2.34. The molecular weight excluding hydrogens is 276 g/mol. The summed E-state index contributed by atoms with van der Waals surface area (Å²) in [6.45, 7) is 5.84. The molecule has 0 spiro atoms. The van der Waals surface area contributed by atoms with Gasteiger partial charge in [-0.2, -0.15) is 0 Å². The summed E-state index contributed by atoms with van der Waals surface area (Å²) in [5, 5.41) is 0.529. The maximum atomic E-state index is 12.0. The highest BCUT2D eigenvalue weighted by Gasteiger charge is 2.32. The van der Waals surface area contributed by atoms with Crippen molar-refractivity contribution >= 4 is 28.9 Å². The monoisotopic (exact) mass is 296 g/mol. The molecule has 0 aromatic heterocycles. The number of nitrogens with two attached hydrogens (primary N) is 1. The van der Waals surface area contributed by atoms with Crippen LogP contribution < -0.4 is 10.6 Å². The molecule has 0 aliphatic heterocycles. The fraction of sp³-hybridized carbons (Fsp3) is 0.533. The summed E-state index contributed by atoms with van der Waals surface area (Å²) in [5.41, 5.74) is 6.81. The van der Waals surface area contributed by atoms with Gasteiger partial charge in [-0.3, -0.25) is 4.79 Å². The quantitative estimate of drug-likeness (QED) is 0.684. The number of rotatable bonds is 4. The van der Waals surface area contributed by atoms with Gasteiger partial charge in [0.25, 0.3) is 0 Å². The van der Waals surface area contributed by atoms with Gasteiger partial charge in [-0.05, 0) is 51.8 Å². The van der Waals surface area contributed by atoms with Crippen LogP contribution in [0.1, 0.15) is 33.6 Å². The molecule has 0 bridgehead atoms. The second-order valence-electron chi connectivity index (χ2n) is 6.15. The number of ether oxygens (including phenoxy) is 1. The van der Waals surface area contributed by atoms with Crippen molar-refractivity contribution < 1.29 is 9.53 Å². The molecule has 1 aromatic rings. The van der Waals surface area contributed by atoms with Crippen LogP contribution >= 0.6 is 11.6 Å². The zero-order chi connectivity index (χ0) is 14.9. The molecular formula is C15H21ClN2O2. The van der Waals surface area contributed by atoms with Crippen molar-refractivity contribution in [3.63, 3.8) is 0 Å². The van der Waals surface area contributed by atoms with Crippen LogP contribution in [-0.4, -0.2) is 24.2 Å². The highest BCUT2D eigenvalue weighted by atomic mass is 35.5. The van der Waals surface area contributed by atoms with Gasteiger partial charge in [0, 0.05) is 11.7 Å². The number of nitrogen functional groups attached to an aromatic ring is 1. The van der Waals surface area contributed by atoms with Crippen molar-refractivity contribution in [2.75, 3.05) is 17.2 Å². The second-order valence-corrected chi connectivity index (χ2v) is 6.56. The van der Waals surface area contributed by atoms with Gasteiger partial charge in [-0.1, -0.05) is 11.6 Å². The molecule has 0 unspecified atom stereocenters. The van der Waals surface area contributed by atoms with E-state index in [0.29, 0.717) is 16.8 Å². The Kier molecular flexibility index (Phi) is 4.14. The lowest BCUT2D eigenvalue weighted by atomic mass is 10.2. The summed E-state index contributed by atoms with van der Waals surface area (Å²) in [5.74, 6) is -0.224. The number of esters is 1. The fourth-order valence-corrected chi connectivity index (χ4v) is 2.16. The Hall–Kier alpha value is -1.42. The average Bonchev–Trinajstić information content (AvgIpc) is 3.11. The van der Waals surface area contributed by atoms with E-state index in [2.05, 4.69) is 0 Å². The van der Waals surface area contributed by atoms with Crippen LogP contribution in [0.15, 0.2) is 18.2 Å². The molecule has 5 heteroatoms. The van der Waals surface area contributed by atoms with Crippen LogP contribution in [0.5, 0.6) is 0 Å². The predicted octanol–water partition coefficient (Wildman–Crippen LogP) is 3.23. The first kappa shape index (κ1) is 15.0. The smallest absolute Gasteiger partial charge is 0.326 e. The van der Waals surface area contributed by atoms with Crippen molar-refractivity contribution in [1.82, 2.24) is 0 Å². The molecule has 0 heterocycles. The van der Waals surface area contributed by atoms with Crippen molar-refractivity contribution in [2.45, 2.75) is 45.3 Å². The maximum Gasteiger partial charge on any atom is 0.326 e. The second kappa shape index (κ2) is 5.52. The van der Waals surface area contributed by atoms with Crippen molar-refractivity contribution in [3.8, 4) is 0 Å². The maximum absolute atomic E-state index is 12.0. The Morgan fingerprint density at radius 3 is 2.60 bits per heavy atom. The van der Waals surface area contributed by atoms with Gasteiger partial charge in [0.15, 0.2) is 0 Å². The lowest BCUT2D eigenvalue weighted by Crippen LogP contribution is -2.36. The molecule has 1 aliphatic rings. The molecule has 0 saturated heterocycles. The minimum Gasteiger partial charge on any atom is -0.459 e. The third kappa shape index (κ3) is 4.04.